The molecule has 0 aromatic carbocycles. The number of nitrogens with zero attached hydrogens (tertiary/aromatic N) is 3. The number of nitrogens with one attached hydrogen (secondary N) is 1. The van der Waals surface area contributed by atoms with Crippen molar-refractivity contribution in [2.75, 3.05) is 11.4 Å². The summed E-state index contributed by atoms with van der Waals surface area (Å²) in [5.74, 6) is 1.39. The van der Waals surface area contributed by atoms with Gasteiger partial charge in [-0.1, -0.05) is 0 Å². The Labute approximate surface area is 129 Å². The number of furan rings is 1. The predicted molar refractivity (Wildman–Crippen MR) is 82.4 cm³/mol. The van der Waals surface area contributed by atoms with E-state index in [9.17, 15) is 4.79 Å². The SMILES string of the molecule is Cc1cc(C)nc(N2CCC[C@@H]2C(=O)NCc2ccco2)n1. The van der Waals surface area contributed by atoms with Crippen molar-refractivity contribution in [1.29, 1.82) is 0 Å². The van der Waals surface area contributed by atoms with E-state index >= 15 is 0 Å². The number of hydrogen-bond donors (Lipinski definition) is 1. The van der Waals surface area contributed by atoms with Crippen molar-refractivity contribution in [3.8, 4) is 0 Å². The van der Waals surface area contributed by atoms with Crippen LogP contribution in [0.5, 0.6) is 0 Å². The van der Waals surface area contributed by atoms with Crippen molar-refractivity contribution >= 4 is 11.9 Å². The van der Waals surface area contributed by atoms with Crippen LogP contribution in [-0.4, -0.2) is 28.5 Å². The van der Waals surface area contributed by atoms with Gasteiger partial charge in [-0.25, -0.2) is 9.97 Å². The van der Waals surface area contributed by atoms with Crippen LogP contribution in [0.25, 0.3) is 0 Å². The summed E-state index contributed by atoms with van der Waals surface area (Å²) in [7, 11) is 0. The molecule has 1 N–H and O–H groups in total. The summed E-state index contributed by atoms with van der Waals surface area (Å²) in [6.45, 7) is 5.10. The quantitative estimate of drug-likeness (QED) is 0.934. The van der Waals surface area contributed by atoms with Crippen molar-refractivity contribution in [2.24, 2.45) is 0 Å². The summed E-state index contributed by atoms with van der Waals surface area (Å²) < 4.78 is 5.24. The highest BCUT2D eigenvalue weighted by atomic mass is 16.3. The second kappa shape index (κ2) is 6.17. The molecule has 1 aliphatic rings. The maximum atomic E-state index is 12.4. The molecule has 0 radical (unpaired) electrons. The Kier molecular flexibility index (Phi) is 4.09. The summed E-state index contributed by atoms with van der Waals surface area (Å²) in [5.41, 5.74) is 1.84. The van der Waals surface area contributed by atoms with Crippen molar-refractivity contribution in [3.05, 3.63) is 41.6 Å². The molecule has 2 aromatic heterocycles. The number of amides is 1. The van der Waals surface area contributed by atoms with E-state index in [1.54, 1.807) is 6.26 Å². The average Bonchev–Trinajstić information content (AvgIpc) is 3.15. The molecule has 1 amide bonds. The van der Waals surface area contributed by atoms with Gasteiger partial charge in [-0.3, -0.25) is 4.79 Å². The molecule has 116 valence electrons. The van der Waals surface area contributed by atoms with Gasteiger partial charge in [0, 0.05) is 17.9 Å². The highest BCUT2D eigenvalue weighted by Crippen LogP contribution is 2.23. The number of hydrogen-bond acceptors (Lipinski definition) is 5. The van der Waals surface area contributed by atoms with Crippen molar-refractivity contribution in [3.63, 3.8) is 0 Å². The number of rotatable bonds is 4. The Morgan fingerprint density at radius 3 is 2.86 bits per heavy atom. The van der Waals surface area contributed by atoms with Gasteiger partial charge in [-0.2, -0.15) is 0 Å². The van der Waals surface area contributed by atoms with Crippen molar-refractivity contribution in [2.45, 2.75) is 39.3 Å². The molecular formula is C16H20N4O2. The van der Waals surface area contributed by atoms with Gasteiger partial charge in [0.25, 0.3) is 0 Å². The summed E-state index contributed by atoms with van der Waals surface area (Å²) >= 11 is 0. The largest absolute Gasteiger partial charge is 0.467 e. The van der Waals surface area contributed by atoms with Crippen LogP contribution >= 0.6 is 0 Å². The topological polar surface area (TPSA) is 71.3 Å². The number of anilines is 1. The Bertz CT molecular complexity index is 634. The van der Waals surface area contributed by atoms with Gasteiger partial charge in [0.2, 0.25) is 11.9 Å². The zero-order valence-corrected chi connectivity index (χ0v) is 12.9. The third-order valence-corrected chi connectivity index (χ3v) is 3.80. The fourth-order valence-electron chi connectivity index (χ4n) is 2.82. The maximum absolute atomic E-state index is 12.4. The van der Waals surface area contributed by atoms with E-state index in [0.29, 0.717) is 12.5 Å². The van der Waals surface area contributed by atoms with Gasteiger partial charge >= 0.3 is 0 Å². The Morgan fingerprint density at radius 2 is 2.18 bits per heavy atom. The molecule has 6 nitrogen and oxygen atoms in total. The van der Waals surface area contributed by atoms with Gasteiger partial charge in [-0.05, 0) is 44.9 Å². The first-order valence-corrected chi connectivity index (χ1v) is 7.52. The summed E-state index contributed by atoms with van der Waals surface area (Å²) in [6, 6.07) is 5.38. The Morgan fingerprint density at radius 1 is 1.41 bits per heavy atom. The molecule has 1 saturated heterocycles. The molecule has 0 aliphatic carbocycles. The lowest BCUT2D eigenvalue weighted by molar-refractivity contribution is -0.122. The number of carbonyl (C=O) groups is 1. The Hall–Kier alpha value is -2.37. The van der Waals surface area contributed by atoms with Crippen LogP contribution in [-0.2, 0) is 11.3 Å². The van der Waals surface area contributed by atoms with E-state index in [4.69, 9.17) is 4.42 Å². The number of aromatic nitrogens is 2. The van der Waals surface area contributed by atoms with Gasteiger partial charge in [0.05, 0.1) is 12.8 Å². The highest BCUT2D eigenvalue weighted by Gasteiger charge is 2.32. The first-order chi connectivity index (χ1) is 10.6. The molecule has 0 bridgehead atoms. The fourth-order valence-corrected chi connectivity index (χ4v) is 2.82. The molecule has 1 aliphatic heterocycles. The lowest BCUT2D eigenvalue weighted by Crippen LogP contribution is -2.43. The zero-order chi connectivity index (χ0) is 15.5. The molecule has 1 atom stereocenters. The third-order valence-electron chi connectivity index (χ3n) is 3.80. The molecule has 3 heterocycles. The van der Waals surface area contributed by atoms with E-state index < -0.39 is 0 Å². The summed E-state index contributed by atoms with van der Waals surface area (Å²) in [6.07, 6.45) is 3.39. The van der Waals surface area contributed by atoms with E-state index in [1.165, 1.54) is 0 Å². The first kappa shape index (κ1) is 14.6. The van der Waals surface area contributed by atoms with Gasteiger partial charge in [0.15, 0.2) is 0 Å². The van der Waals surface area contributed by atoms with E-state index in [1.807, 2.05) is 36.9 Å². The third kappa shape index (κ3) is 3.10. The van der Waals surface area contributed by atoms with E-state index in [2.05, 4.69) is 15.3 Å². The smallest absolute Gasteiger partial charge is 0.243 e. The molecule has 22 heavy (non-hydrogen) atoms. The second-order valence-electron chi connectivity index (χ2n) is 5.60. The molecule has 1 fully saturated rings. The normalized spacial score (nSPS) is 17.7. The van der Waals surface area contributed by atoms with Crippen molar-refractivity contribution < 1.29 is 9.21 Å². The molecule has 6 heteroatoms. The van der Waals surface area contributed by atoms with Gasteiger partial charge in [-0.15, -0.1) is 0 Å². The van der Waals surface area contributed by atoms with Crippen LogP contribution in [0.4, 0.5) is 5.95 Å². The summed E-state index contributed by atoms with van der Waals surface area (Å²) in [5, 5.41) is 2.93. The zero-order valence-electron chi connectivity index (χ0n) is 12.9. The average molecular weight is 300 g/mol. The van der Waals surface area contributed by atoms with Gasteiger partial charge < -0.3 is 14.6 Å². The van der Waals surface area contributed by atoms with Crippen LogP contribution in [0.1, 0.15) is 30.0 Å². The number of carbonyl (C=O) groups excluding carboxylic acids is 1. The molecule has 0 unspecified atom stereocenters. The maximum Gasteiger partial charge on any atom is 0.243 e. The number of aryl methyl sites for hydroxylation is 2. The van der Waals surface area contributed by atoms with E-state index in [-0.39, 0.29) is 11.9 Å². The minimum absolute atomic E-state index is 0.00309. The molecule has 0 saturated carbocycles. The lowest BCUT2D eigenvalue weighted by atomic mass is 10.2. The molecule has 2 aromatic rings. The van der Waals surface area contributed by atoms with Gasteiger partial charge in [0.1, 0.15) is 11.8 Å². The van der Waals surface area contributed by atoms with Crippen LogP contribution < -0.4 is 10.2 Å². The standard InChI is InChI=1S/C16H20N4O2/c1-11-9-12(2)19-16(18-11)20-7-3-6-14(20)15(21)17-10-13-5-4-8-22-13/h4-5,8-9,14H,3,6-7,10H2,1-2H3,(H,17,21)/t14-/m1/s1. The molecule has 3 rings (SSSR count). The van der Waals surface area contributed by atoms with Crippen LogP contribution in [0, 0.1) is 13.8 Å². The minimum Gasteiger partial charge on any atom is -0.467 e. The molecule has 0 spiro atoms. The second-order valence-corrected chi connectivity index (χ2v) is 5.60. The van der Waals surface area contributed by atoms with Crippen LogP contribution in [0.3, 0.4) is 0 Å². The van der Waals surface area contributed by atoms with Crippen molar-refractivity contribution in [1.82, 2.24) is 15.3 Å². The lowest BCUT2D eigenvalue weighted by Gasteiger charge is -2.24. The van der Waals surface area contributed by atoms with Crippen LogP contribution in [0.15, 0.2) is 28.9 Å². The van der Waals surface area contributed by atoms with Crippen LogP contribution in [0.2, 0.25) is 0 Å². The predicted octanol–water partition coefficient (Wildman–Crippen LogP) is 1.97. The van der Waals surface area contributed by atoms with E-state index in [0.717, 1.165) is 36.5 Å². The first-order valence-electron chi connectivity index (χ1n) is 7.52. The summed E-state index contributed by atoms with van der Waals surface area (Å²) in [4.78, 5) is 23.4. The highest BCUT2D eigenvalue weighted by molar-refractivity contribution is 5.85. The minimum atomic E-state index is -0.212. The molecular weight excluding hydrogens is 280 g/mol. The fraction of sp³-hybridized carbons (Fsp3) is 0.438. The Balaban J connectivity index is 1.70. The monoisotopic (exact) mass is 300 g/mol.